The molecule has 0 aliphatic rings. The summed E-state index contributed by atoms with van der Waals surface area (Å²) in [6.45, 7) is 2.67. The van der Waals surface area contributed by atoms with Gasteiger partial charge in [-0.1, -0.05) is 12.1 Å². The van der Waals surface area contributed by atoms with Crippen LogP contribution in [-0.4, -0.2) is 31.1 Å². The first-order chi connectivity index (χ1) is 8.61. The molecule has 19 heavy (non-hydrogen) atoms. The smallest absolute Gasteiger partial charge is 0.340 e. The fourth-order valence-electron chi connectivity index (χ4n) is 1.39. The largest absolute Gasteiger partial charge is 0.460 e. The number of anilines is 1. The van der Waals surface area contributed by atoms with Crippen LogP contribution < -0.4 is 10.5 Å². The van der Waals surface area contributed by atoms with E-state index in [0.717, 1.165) is 0 Å². The zero-order chi connectivity index (χ0) is 14.7. The molecule has 7 nitrogen and oxygen atoms in total. The lowest BCUT2D eigenvalue weighted by molar-refractivity contribution is 0.0419. The first kappa shape index (κ1) is 15.4. The van der Waals surface area contributed by atoms with Gasteiger partial charge in [0.2, 0.25) is 0 Å². The van der Waals surface area contributed by atoms with Gasteiger partial charge in [-0.2, -0.15) is 13.1 Å². The van der Waals surface area contributed by atoms with Crippen LogP contribution in [0.5, 0.6) is 0 Å². The van der Waals surface area contributed by atoms with Crippen molar-refractivity contribution in [1.29, 1.82) is 0 Å². The van der Waals surface area contributed by atoms with Crippen molar-refractivity contribution in [3.8, 4) is 0 Å². The Kier molecular flexibility index (Phi) is 4.51. The number of benzene rings is 1. The number of rotatable bonds is 5. The highest BCUT2D eigenvalue weighted by atomic mass is 32.2. The van der Waals surface area contributed by atoms with Gasteiger partial charge in [0.05, 0.1) is 11.1 Å². The van der Waals surface area contributed by atoms with Crippen LogP contribution in [0.4, 0.5) is 5.69 Å². The van der Waals surface area contributed by atoms with E-state index in [0.29, 0.717) is 0 Å². The van der Waals surface area contributed by atoms with Gasteiger partial charge < -0.3 is 10.5 Å². The van der Waals surface area contributed by atoms with E-state index in [1.807, 2.05) is 4.72 Å². The Morgan fingerprint density at radius 2 is 2.00 bits per heavy atom. The number of hydrogen-bond donors (Lipinski definition) is 3. The highest BCUT2D eigenvalue weighted by Gasteiger charge is 2.25. The summed E-state index contributed by atoms with van der Waals surface area (Å²) in [7, 11) is -4.37. The van der Waals surface area contributed by atoms with E-state index < -0.39 is 21.8 Å². The summed E-state index contributed by atoms with van der Waals surface area (Å²) in [6.07, 6.45) is 0. The molecule has 8 heteroatoms. The number of esters is 1. The predicted octanol–water partition coefficient (Wildman–Crippen LogP) is 0.597. The lowest BCUT2D eigenvalue weighted by Gasteiger charge is -2.23. The molecular formula is C11H16N2O5S. The average molecular weight is 288 g/mol. The minimum absolute atomic E-state index is 0.199. The SMILES string of the molecule is CC(C)(COC(=O)c1ccccc1N)NS(=O)(=O)O. The summed E-state index contributed by atoms with van der Waals surface area (Å²) < 4.78 is 37.0. The second-order valence-electron chi connectivity index (χ2n) is 4.62. The Balaban J connectivity index is 2.67. The normalized spacial score (nSPS) is 12.2. The van der Waals surface area contributed by atoms with Crippen LogP contribution in [-0.2, 0) is 15.0 Å². The zero-order valence-electron chi connectivity index (χ0n) is 10.6. The number of nitrogens with two attached hydrogens (primary N) is 1. The molecule has 1 aromatic carbocycles. The van der Waals surface area contributed by atoms with Gasteiger partial charge in [0, 0.05) is 5.69 Å². The summed E-state index contributed by atoms with van der Waals surface area (Å²) in [5.74, 6) is -0.664. The average Bonchev–Trinajstić information content (AvgIpc) is 2.23. The molecule has 0 bridgehead atoms. The first-order valence-corrected chi connectivity index (χ1v) is 6.83. The van der Waals surface area contributed by atoms with Gasteiger partial charge in [-0.05, 0) is 26.0 Å². The van der Waals surface area contributed by atoms with Crippen molar-refractivity contribution in [2.45, 2.75) is 19.4 Å². The molecule has 0 radical (unpaired) electrons. The third-order valence-corrected chi connectivity index (χ3v) is 2.96. The number of hydrogen-bond acceptors (Lipinski definition) is 5. The van der Waals surface area contributed by atoms with Crippen molar-refractivity contribution in [1.82, 2.24) is 4.72 Å². The van der Waals surface area contributed by atoms with Gasteiger partial charge in [-0.25, -0.2) is 4.79 Å². The van der Waals surface area contributed by atoms with E-state index in [1.54, 1.807) is 18.2 Å². The molecule has 0 saturated heterocycles. The molecule has 0 unspecified atom stereocenters. The monoisotopic (exact) mass is 288 g/mol. The molecule has 0 aliphatic heterocycles. The third kappa shape index (κ3) is 5.25. The molecule has 0 atom stereocenters. The van der Waals surface area contributed by atoms with E-state index in [9.17, 15) is 13.2 Å². The maximum Gasteiger partial charge on any atom is 0.340 e. The number of carbonyl (C=O) groups excluding carboxylic acids is 1. The lowest BCUT2D eigenvalue weighted by Crippen LogP contribution is -2.47. The molecule has 1 rings (SSSR count). The summed E-state index contributed by atoms with van der Waals surface area (Å²) in [4.78, 5) is 11.7. The maximum atomic E-state index is 11.7. The van der Waals surface area contributed by atoms with Crippen LogP contribution in [0.2, 0.25) is 0 Å². The number of para-hydroxylation sites is 1. The molecule has 0 heterocycles. The number of nitrogen functional groups attached to an aromatic ring is 1. The van der Waals surface area contributed by atoms with Crippen LogP contribution >= 0.6 is 0 Å². The van der Waals surface area contributed by atoms with Crippen molar-refractivity contribution < 1.29 is 22.5 Å². The van der Waals surface area contributed by atoms with Gasteiger partial charge in [0.1, 0.15) is 6.61 Å². The second kappa shape index (κ2) is 5.55. The van der Waals surface area contributed by atoms with Crippen molar-refractivity contribution in [3.63, 3.8) is 0 Å². The van der Waals surface area contributed by atoms with Crippen molar-refractivity contribution in [3.05, 3.63) is 29.8 Å². The summed E-state index contributed by atoms with van der Waals surface area (Å²) in [5, 5.41) is 0. The second-order valence-corrected chi connectivity index (χ2v) is 5.78. The molecular weight excluding hydrogens is 272 g/mol. The third-order valence-electron chi connectivity index (χ3n) is 2.15. The fraction of sp³-hybridized carbons (Fsp3) is 0.364. The summed E-state index contributed by atoms with van der Waals surface area (Å²) in [5.41, 5.74) is 4.95. The molecule has 0 aliphatic carbocycles. The van der Waals surface area contributed by atoms with Crippen molar-refractivity contribution in [2.24, 2.45) is 0 Å². The molecule has 0 fully saturated rings. The molecule has 1 aromatic rings. The molecule has 0 saturated carbocycles. The quantitative estimate of drug-likeness (QED) is 0.414. The van der Waals surface area contributed by atoms with Crippen LogP contribution in [0.1, 0.15) is 24.2 Å². The Morgan fingerprint density at radius 3 is 2.53 bits per heavy atom. The highest BCUT2D eigenvalue weighted by Crippen LogP contribution is 2.13. The fourth-order valence-corrected chi connectivity index (χ4v) is 2.14. The van der Waals surface area contributed by atoms with Gasteiger partial charge in [0.25, 0.3) is 0 Å². The van der Waals surface area contributed by atoms with Gasteiger partial charge >= 0.3 is 16.3 Å². The molecule has 0 aromatic heterocycles. The van der Waals surface area contributed by atoms with Crippen LogP contribution in [0, 0.1) is 0 Å². The number of ether oxygens (including phenoxy) is 1. The van der Waals surface area contributed by atoms with Crippen LogP contribution in [0.3, 0.4) is 0 Å². The van der Waals surface area contributed by atoms with Gasteiger partial charge in [-0.15, -0.1) is 0 Å². The van der Waals surface area contributed by atoms with Crippen LogP contribution in [0.25, 0.3) is 0 Å². The maximum absolute atomic E-state index is 11.7. The van der Waals surface area contributed by atoms with Gasteiger partial charge in [-0.3, -0.25) is 4.55 Å². The van der Waals surface area contributed by atoms with E-state index in [1.165, 1.54) is 19.9 Å². The summed E-state index contributed by atoms with van der Waals surface area (Å²) >= 11 is 0. The van der Waals surface area contributed by atoms with E-state index in [-0.39, 0.29) is 17.9 Å². The minimum Gasteiger partial charge on any atom is -0.460 e. The van der Waals surface area contributed by atoms with Crippen molar-refractivity contribution in [2.75, 3.05) is 12.3 Å². The Hall–Kier alpha value is -1.64. The van der Waals surface area contributed by atoms with Crippen LogP contribution in [0.15, 0.2) is 24.3 Å². The first-order valence-electron chi connectivity index (χ1n) is 5.39. The molecule has 0 amide bonds. The molecule has 4 N–H and O–H groups in total. The predicted molar refractivity (Wildman–Crippen MR) is 69.9 cm³/mol. The molecule has 106 valence electrons. The Bertz CT molecular complexity index is 568. The van der Waals surface area contributed by atoms with Gasteiger partial charge in [0.15, 0.2) is 0 Å². The van der Waals surface area contributed by atoms with E-state index in [4.69, 9.17) is 15.0 Å². The van der Waals surface area contributed by atoms with E-state index >= 15 is 0 Å². The Morgan fingerprint density at radius 1 is 1.42 bits per heavy atom. The zero-order valence-corrected chi connectivity index (χ0v) is 11.4. The molecule has 0 spiro atoms. The topological polar surface area (TPSA) is 119 Å². The summed E-state index contributed by atoms with van der Waals surface area (Å²) in [6, 6.07) is 6.36. The number of nitrogens with one attached hydrogen (secondary N) is 1. The highest BCUT2D eigenvalue weighted by molar-refractivity contribution is 7.83. The number of carbonyl (C=O) groups is 1. The minimum atomic E-state index is -4.37. The lowest BCUT2D eigenvalue weighted by atomic mass is 10.1. The Labute approximate surface area is 111 Å². The van der Waals surface area contributed by atoms with Crippen molar-refractivity contribution >= 4 is 22.0 Å². The standard InChI is InChI=1S/C11H16N2O5S/c1-11(2,13-19(15,16)17)7-18-10(14)8-5-3-4-6-9(8)12/h3-6,13H,7,12H2,1-2H3,(H,15,16,17). The van der Waals surface area contributed by atoms with E-state index in [2.05, 4.69) is 0 Å².